The molecule has 7 heteroatoms. The molecule has 21 heavy (non-hydrogen) atoms. The molecule has 0 aliphatic rings. The molecule has 0 saturated heterocycles. The number of rotatable bonds is 12. The van der Waals surface area contributed by atoms with E-state index in [9.17, 15) is 8.42 Å². The molecule has 1 aromatic rings. The van der Waals surface area contributed by atoms with E-state index in [1.807, 2.05) is 18.7 Å². The zero-order valence-electron chi connectivity index (χ0n) is 12.9. The lowest BCUT2D eigenvalue weighted by Crippen LogP contribution is -2.24. The zero-order valence-corrected chi connectivity index (χ0v) is 14.6. The Morgan fingerprint density at radius 3 is 2.71 bits per heavy atom. The van der Waals surface area contributed by atoms with Crippen molar-refractivity contribution in [1.29, 1.82) is 0 Å². The van der Waals surface area contributed by atoms with Crippen LogP contribution < -0.4 is 10.0 Å². The molecule has 0 radical (unpaired) electrons. The third kappa shape index (κ3) is 7.35. The molecule has 1 heterocycles. The van der Waals surface area contributed by atoms with Crippen LogP contribution in [0.1, 0.15) is 38.3 Å². The van der Waals surface area contributed by atoms with Crippen molar-refractivity contribution < 1.29 is 8.42 Å². The molecule has 0 amide bonds. The maximum atomic E-state index is 12.1. The molecule has 0 fully saturated rings. The van der Waals surface area contributed by atoms with Gasteiger partial charge in [-0.3, -0.25) is 0 Å². The highest BCUT2D eigenvalue weighted by molar-refractivity contribution is 7.98. The normalized spacial score (nSPS) is 11.9. The lowest BCUT2D eigenvalue weighted by Gasteiger charge is -2.04. The molecule has 0 atom stereocenters. The summed E-state index contributed by atoms with van der Waals surface area (Å²) in [5, 5.41) is 3.16. The van der Waals surface area contributed by atoms with E-state index in [1.54, 1.807) is 12.3 Å². The summed E-state index contributed by atoms with van der Waals surface area (Å²) in [7, 11) is -3.38. The van der Waals surface area contributed by atoms with Gasteiger partial charge in [0.05, 0.1) is 4.90 Å². The van der Waals surface area contributed by atoms with Gasteiger partial charge < -0.3 is 10.3 Å². The van der Waals surface area contributed by atoms with E-state index in [0.717, 1.165) is 25.1 Å². The molecule has 0 spiro atoms. The quantitative estimate of drug-likeness (QED) is 0.513. The van der Waals surface area contributed by atoms with E-state index in [0.29, 0.717) is 18.0 Å². The molecule has 0 unspecified atom stereocenters. The fraction of sp³-hybridized carbons (Fsp3) is 0.714. The molecule has 5 nitrogen and oxygen atoms in total. The predicted octanol–water partition coefficient (Wildman–Crippen LogP) is 2.33. The fourth-order valence-corrected chi connectivity index (χ4v) is 3.53. The first kappa shape index (κ1) is 18.5. The summed E-state index contributed by atoms with van der Waals surface area (Å²) in [6.07, 6.45) is 7.99. The van der Waals surface area contributed by atoms with Crippen LogP contribution in [0.5, 0.6) is 0 Å². The number of nitrogens with one attached hydrogen (secondary N) is 3. The second-order valence-electron chi connectivity index (χ2n) is 4.95. The molecule has 1 aromatic heterocycles. The van der Waals surface area contributed by atoms with Gasteiger partial charge in [0, 0.05) is 25.0 Å². The number of aromatic amines is 1. The van der Waals surface area contributed by atoms with Crippen LogP contribution in [-0.4, -0.2) is 38.5 Å². The number of unbranched alkanes of at least 4 members (excludes halogenated alkanes) is 3. The smallest absolute Gasteiger partial charge is 0.242 e. The van der Waals surface area contributed by atoms with Gasteiger partial charge in [0.25, 0.3) is 0 Å². The van der Waals surface area contributed by atoms with E-state index in [-0.39, 0.29) is 0 Å². The van der Waals surface area contributed by atoms with E-state index in [1.165, 1.54) is 18.6 Å². The van der Waals surface area contributed by atoms with Crippen LogP contribution in [0.3, 0.4) is 0 Å². The number of sulfonamides is 1. The van der Waals surface area contributed by atoms with Gasteiger partial charge in [0.2, 0.25) is 10.0 Å². The Morgan fingerprint density at radius 1 is 1.24 bits per heavy atom. The Labute approximate surface area is 132 Å². The zero-order chi connectivity index (χ0) is 15.6. The summed E-state index contributed by atoms with van der Waals surface area (Å²) < 4.78 is 26.9. The SMILES string of the molecule is CCNCc1cc(S(=O)(=O)NCCCCCCSC)c[nH]1. The number of hydrogen-bond acceptors (Lipinski definition) is 4. The molecule has 3 N–H and O–H groups in total. The highest BCUT2D eigenvalue weighted by Gasteiger charge is 2.15. The minimum absolute atomic E-state index is 0.317. The van der Waals surface area contributed by atoms with Crippen molar-refractivity contribution in [2.75, 3.05) is 25.1 Å². The average molecular weight is 334 g/mol. The second-order valence-corrected chi connectivity index (χ2v) is 7.70. The van der Waals surface area contributed by atoms with Crippen LogP contribution in [0.15, 0.2) is 17.2 Å². The van der Waals surface area contributed by atoms with Gasteiger partial charge in [-0.05, 0) is 37.5 Å². The largest absolute Gasteiger partial charge is 0.363 e. The first-order valence-corrected chi connectivity index (χ1v) is 10.3. The molecule has 0 bridgehead atoms. The standard InChI is InChI=1S/C14H27N3O2S2/c1-3-15-11-13-10-14(12-16-13)21(18,19)17-8-6-4-5-7-9-20-2/h10,12,15-17H,3-9,11H2,1-2H3. The van der Waals surface area contributed by atoms with Crippen molar-refractivity contribution in [3.63, 3.8) is 0 Å². The van der Waals surface area contributed by atoms with Crippen LogP contribution in [-0.2, 0) is 16.6 Å². The third-order valence-corrected chi connectivity index (χ3v) is 5.30. The Hall–Kier alpha value is -0.500. The molecule has 1 rings (SSSR count). The van der Waals surface area contributed by atoms with Crippen LogP contribution >= 0.6 is 11.8 Å². The van der Waals surface area contributed by atoms with Crippen LogP contribution in [0, 0.1) is 0 Å². The summed E-state index contributed by atoms with van der Waals surface area (Å²) in [4.78, 5) is 3.30. The lowest BCUT2D eigenvalue weighted by atomic mass is 10.2. The molecule has 122 valence electrons. The number of hydrogen-bond donors (Lipinski definition) is 3. The average Bonchev–Trinajstić information content (AvgIpc) is 2.94. The summed E-state index contributed by atoms with van der Waals surface area (Å²) in [6, 6.07) is 1.68. The Kier molecular flexibility index (Phi) is 9.07. The first-order valence-electron chi connectivity index (χ1n) is 7.46. The third-order valence-electron chi connectivity index (χ3n) is 3.16. The van der Waals surface area contributed by atoms with Crippen LogP contribution in [0.4, 0.5) is 0 Å². The number of H-pyrrole nitrogens is 1. The van der Waals surface area contributed by atoms with Crippen molar-refractivity contribution >= 4 is 21.8 Å². The van der Waals surface area contributed by atoms with Crippen LogP contribution in [0.25, 0.3) is 0 Å². The molecule has 0 aliphatic carbocycles. The van der Waals surface area contributed by atoms with Crippen molar-refractivity contribution in [3.8, 4) is 0 Å². The van der Waals surface area contributed by atoms with Gasteiger partial charge in [-0.25, -0.2) is 13.1 Å². The van der Waals surface area contributed by atoms with E-state index in [2.05, 4.69) is 21.3 Å². The first-order chi connectivity index (χ1) is 10.1. The fourth-order valence-electron chi connectivity index (χ4n) is 1.95. The van der Waals surface area contributed by atoms with E-state index < -0.39 is 10.0 Å². The van der Waals surface area contributed by atoms with Crippen molar-refractivity contribution in [1.82, 2.24) is 15.0 Å². The van der Waals surface area contributed by atoms with Gasteiger partial charge in [0.1, 0.15) is 0 Å². The highest BCUT2D eigenvalue weighted by Crippen LogP contribution is 2.11. The molecule has 0 saturated carbocycles. The van der Waals surface area contributed by atoms with Gasteiger partial charge in [0.15, 0.2) is 0 Å². The lowest BCUT2D eigenvalue weighted by molar-refractivity contribution is 0.574. The summed E-state index contributed by atoms with van der Waals surface area (Å²) in [6.45, 7) is 4.04. The molecule has 0 aliphatic heterocycles. The molecule has 0 aromatic carbocycles. The van der Waals surface area contributed by atoms with E-state index in [4.69, 9.17) is 0 Å². The maximum Gasteiger partial charge on any atom is 0.242 e. The maximum absolute atomic E-state index is 12.1. The Bertz CT molecular complexity index is 486. The monoisotopic (exact) mass is 333 g/mol. The summed E-state index contributed by atoms with van der Waals surface area (Å²) in [5.41, 5.74) is 0.884. The van der Waals surface area contributed by atoms with Gasteiger partial charge in [-0.15, -0.1) is 0 Å². The Morgan fingerprint density at radius 2 is 2.00 bits per heavy atom. The van der Waals surface area contributed by atoms with Crippen LogP contribution in [0.2, 0.25) is 0 Å². The number of aromatic nitrogens is 1. The predicted molar refractivity (Wildman–Crippen MR) is 90.2 cm³/mol. The molecular weight excluding hydrogens is 306 g/mol. The molecular formula is C14H27N3O2S2. The Balaban J connectivity index is 2.31. The van der Waals surface area contributed by atoms with Gasteiger partial charge >= 0.3 is 0 Å². The van der Waals surface area contributed by atoms with Gasteiger partial charge in [-0.1, -0.05) is 19.8 Å². The minimum Gasteiger partial charge on any atom is -0.363 e. The minimum atomic E-state index is -3.38. The van der Waals surface area contributed by atoms with E-state index >= 15 is 0 Å². The van der Waals surface area contributed by atoms with Crippen molar-refractivity contribution in [2.45, 2.75) is 44.0 Å². The summed E-state index contributed by atoms with van der Waals surface area (Å²) >= 11 is 1.85. The highest BCUT2D eigenvalue weighted by atomic mass is 32.2. The van der Waals surface area contributed by atoms with Gasteiger partial charge in [-0.2, -0.15) is 11.8 Å². The second kappa shape index (κ2) is 10.3. The summed E-state index contributed by atoms with van der Waals surface area (Å²) in [5.74, 6) is 1.18. The number of thioether (sulfide) groups is 1. The van der Waals surface area contributed by atoms with Crippen molar-refractivity contribution in [2.24, 2.45) is 0 Å². The van der Waals surface area contributed by atoms with Crippen molar-refractivity contribution in [3.05, 3.63) is 18.0 Å². The topological polar surface area (TPSA) is 74.0 Å².